The van der Waals surface area contributed by atoms with Crippen LogP contribution in [0.15, 0.2) is 73.6 Å². The number of nitrogens with zero attached hydrogens (tertiary/aromatic N) is 4. The van der Waals surface area contributed by atoms with Crippen molar-refractivity contribution in [3.8, 4) is 5.69 Å². The molecular weight excluding hydrogens is 442 g/mol. The van der Waals surface area contributed by atoms with Gasteiger partial charge in [-0.2, -0.15) is 5.10 Å². The van der Waals surface area contributed by atoms with Crippen LogP contribution in [0.1, 0.15) is 5.89 Å². The molecule has 138 valence electrons. The van der Waals surface area contributed by atoms with Crippen LogP contribution in [0, 0.1) is 0 Å². The van der Waals surface area contributed by atoms with E-state index in [1.807, 2.05) is 48.5 Å². The predicted molar refractivity (Wildman–Crippen MR) is 111 cm³/mol. The van der Waals surface area contributed by atoms with Gasteiger partial charge in [-0.1, -0.05) is 45.9 Å². The molecule has 3 heterocycles. The highest BCUT2D eigenvalue weighted by Crippen LogP contribution is 2.29. The van der Waals surface area contributed by atoms with Crippen LogP contribution in [0.3, 0.4) is 0 Å². The molecule has 0 radical (unpaired) electrons. The minimum Gasteiger partial charge on any atom is -0.440 e. The molecule has 0 aliphatic heterocycles. The molecule has 0 saturated heterocycles. The second kappa shape index (κ2) is 6.92. The normalized spacial score (nSPS) is 11.5. The van der Waals surface area contributed by atoms with Gasteiger partial charge in [0, 0.05) is 4.47 Å². The molecule has 0 atom stereocenters. The maximum Gasteiger partial charge on any atom is 0.263 e. The van der Waals surface area contributed by atoms with Gasteiger partial charge in [0.2, 0.25) is 5.89 Å². The topological polar surface area (TPSA) is 89.6 Å². The minimum absolute atomic E-state index is 0.226. The van der Waals surface area contributed by atoms with Crippen LogP contribution in [-0.4, -0.2) is 24.7 Å². The molecule has 9 heteroatoms. The molecule has 5 rings (SSSR count). The Hall–Kier alpha value is -2.91. The molecule has 2 aromatic carbocycles. The lowest BCUT2D eigenvalue weighted by molar-refractivity contribution is 0.556. The maximum atomic E-state index is 12.4. The number of benzene rings is 2. The molecular formula is C19H12BrN5O2S. The number of hydrogen-bond donors (Lipinski definition) is 1. The monoisotopic (exact) mass is 453 g/mol. The summed E-state index contributed by atoms with van der Waals surface area (Å²) in [6, 6.07) is 15.3. The zero-order chi connectivity index (χ0) is 19.1. The van der Waals surface area contributed by atoms with E-state index in [4.69, 9.17) is 4.42 Å². The molecule has 3 aromatic heterocycles. The number of rotatable bonds is 4. The van der Waals surface area contributed by atoms with Crippen LogP contribution < -0.4 is 5.56 Å². The van der Waals surface area contributed by atoms with Crippen molar-refractivity contribution in [1.29, 1.82) is 0 Å². The molecule has 0 amide bonds. The number of fused-ring (bicyclic) bond motifs is 2. The van der Waals surface area contributed by atoms with Gasteiger partial charge in [-0.3, -0.25) is 4.79 Å². The van der Waals surface area contributed by atoms with Crippen LogP contribution in [0.25, 0.3) is 27.8 Å². The summed E-state index contributed by atoms with van der Waals surface area (Å²) in [7, 11) is 0. The maximum absolute atomic E-state index is 12.4. The number of nitrogens with one attached hydrogen (secondary N) is 1. The Morgan fingerprint density at radius 1 is 1.18 bits per heavy atom. The molecule has 0 fully saturated rings. The van der Waals surface area contributed by atoms with E-state index in [2.05, 4.69) is 36.0 Å². The number of para-hydroxylation sites is 1. The Morgan fingerprint density at radius 3 is 2.89 bits per heavy atom. The third kappa shape index (κ3) is 3.02. The van der Waals surface area contributed by atoms with Gasteiger partial charge in [-0.05, 0) is 30.3 Å². The zero-order valence-corrected chi connectivity index (χ0v) is 16.7. The summed E-state index contributed by atoms with van der Waals surface area (Å²) in [5, 5.41) is 5.66. The van der Waals surface area contributed by atoms with E-state index >= 15 is 0 Å². The Balaban J connectivity index is 1.54. The summed E-state index contributed by atoms with van der Waals surface area (Å²) in [6.07, 6.45) is 1.39. The van der Waals surface area contributed by atoms with Crippen LogP contribution in [0.5, 0.6) is 0 Å². The number of H-pyrrole nitrogens is 1. The van der Waals surface area contributed by atoms with Gasteiger partial charge in [-0.25, -0.2) is 14.6 Å². The van der Waals surface area contributed by atoms with Crippen molar-refractivity contribution < 1.29 is 4.42 Å². The van der Waals surface area contributed by atoms with E-state index in [0.29, 0.717) is 27.7 Å². The van der Waals surface area contributed by atoms with Crippen LogP contribution in [-0.2, 0) is 5.75 Å². The van der Waals surface area contributed by atoms with Gasteiger partial charge in [0.1, 0.15) is 15.9 Å². The number of hydrogen-bond acceptors (Lipinski definition) is 6. The van der Waals surface area contributed by atoms with E-state index in [-0.39, 0.29) is 5.56 Å². The molecule has 0 saturated carbocycles. The van der Waals surface area contributed by atoms with Gasteiger partial charge in [-0.15, -0.1) is 0 Å². The van der Waals surface area contributed by atoms with Crippen molar-refractivity contribution >= 4 is 49.8 Å². The molecule has 1 N–H and O–H groups in total. The molecule has 7 nitrogen and oxygen atoms in total. The molecule has 28 heavy (non-hydrogen) atoms. The fourth-order valence-corrected chi connectivity index (χ4v) is 4.12. The molecule has 0 unspecified atom stereocenters. The lowest BCUT2D eigenvalue weighted by Crippen LogP contribution is -2.07. The van der Waals surface area contributed by atoms with Crippen molar-refractivity contribution in [2.24, 2.45) is 0 Å². The van der Waals surface area contributed by atoms with E-state index in [0.717, 1.165) is 21.3 Å². The molecule has 0 spiro atoms. The summed E-state index contributed by atoms with van der Waals surface area (Å²) in [5.74, 6) is 1.02. The first kappa shape index (κ1) is 17.2. The predicted octanol–water partition coefficient (Wildman–Crippen LogP) is 4.30. The Morgan fingerprint density at radius 2 is 2.04 bits per heavy atom. The van der Waals surface area contributed by atoms with E-state index in [1.165, 1.54) is 18.1 Å². The summed E-state index contributed by atoms with van der Waals surface area (Å²) in [4.78, 5) is 23.9. The summed E-state index contributed by atoms with van der Waals surface area (Å²) < 4.78 is 8.41. The minimum atomic E-state index is -0.226. The third-order valence-electron chi connectivity index (χ3n) is 4.17. The first-order valence-electron chi connectivity index (χ1n) is 8.38. The summed E-state index contributed by atoms with van der Waals surface area (Å²) >= 11 is 4.82. The fourth-order valence-electron chi connectivity index (χ4n) is 2.92. The number of aromatic nitrogens is 5. The largest absolute Gasteiger partial charge is 0.440 e. The lowest BCUT2D eigenvalue weighted by Gasteiger charge is -2.00. The SMILES string of the molecule is O=c1[nH]cnc2c1c(SCc1nc3cc(Br)ccc3o1)nn2-c1ccccc1. The van der Waals surface area contributed by atoms with Crippen LogP contribution >= 0.6 is 27.7 Å². The van der Waals surface area contributed by atoms with E-state index < -0.39 is 0 Å². The molecule has 0 aliphatic rings. The van der Waals surface area contributed by atoms with Crippen molar-refractivity contribution in [3.05, 3.63) is 75.6 Å². The lowest BCUT2D eigenvalue weighted by atomic mass is 10.3. The number of aromatic amines is 1. The number of oxazole rings is 1. The standard InChI is InChI=1S/C19H12BrN5O2S/c20-11-6-7-14-13(8-11)23-15(27-14)9-28-19-16-17(21-10-22-18(16)26)25(24-19)12-4-2-1-3-5-12/h1-8,10H,9H2,(H,21,22,26). The number of thioether (sulfide) groups is 1. The average Bonchev–Trinajstić information content (AvgIpc) is 3.28. The van der Waals surface area contributed by atoms with E-state index in [1.54, 1.807) is 4.68 Å². The smallest absolute Gasteiger partial charge is 0.263 e. The first-order valence-corrected chi connectivity index (χ1v) is 10.2. The third-order valence-corrected chi connectivity index (χ3v) is 5.61. The van der Waals surface area contributed by atoms with Gasteiger partial charge in [0.25, 0.3) is 5.56 Å². The quantitative estimate of drug-likeness (QED) is 0.407. The molecule has 0 aliphatic carbocycles. The van der Waals surface area contributed by atoms with Gasteiger partial charge in [0.05, 0.1) is 17.8 Å². The average molecular weight is 454 g/mol. The molecule has 0 bridgehead atoms. The second-order valence-electron chi connectivity index (χ2n) is 5.99. The Kier molecular flexibility index (Phi) is 4.25. The van der Waals surface area contributed by atoms with Gasteiger partial charge in [0.15, 0.2) is 11.2 Å². The van der Waals surface area contributed by atoms with Gasteiger partial charge >= 0.3 is 0 Å². The van der Waals surface area contributed by atoms with Gasteiger partial charge < -0.3 is 9.40 Å². The van der Waals surface area contributed by atoms with Crippen molar-refractivity contribution in [2.45, 2.75) is 10.8 Å². The van der Waals surface area contributed by atoms with Crippen molar-refractivity contribution in [2.75, 3.05) is 0 Å². The Bertz CT molecular complexity index is 1360. The summed E-state index contributed by atoms with van der Waals surface area (Å²) in [5.41, 5.74) is 2.63. The highest BCUT2D eigenvalue weighted by Gasteiger charge is 2.18. The number of halogens is 1. The van der Waals surface area contributed by atoms with Crippen LogP contribution in [0.2, 0.25) is 0 Å². The fraction of sp³-hybridized carbons (Fsp3) is 0.0526. The first-order chi connectivity index (χ1) is 13.7. The molecule has 5 aromatic rings. The van der Waals surface area contributed by atoms with E-state index in [9.17, 15) is 4.79 Å². The van der Waals surface area contributed by atoms with Crippen LogP contribution in [0.4, 0.5) is 0 Å². The zero-order valence-electron chi connectivity index (χ0n) is 14.3. The van der Waals surface area contributed by atoms with Crippen molar-refractivity contribution in [3.63, 3.8) is 0 Å². The highest BCUT2D eigenvalue weighted by atomic mass is 79.9. The summed E-state index contributed by atoms with van der Waals surface area (Å²) in [6.45, 7) is 0. The second-order valence-corrected chi connectivity index (χ2v) is 7.87. The van der Waals surface area contributed by atoms with Crippen molar-refractivity contribution in [1.82, 2.24) is 24.7 Å². The highest BCUT2D eigenvalue weighted by molar-refractivity contribution is 9.10. The Labute approximate surface area is 170 Å².